The SMILES string of the molecule is CC(C)(C=COC=CC(C)(C)C(F)(F)F)C(F)(F)F. The lowest BCUT2D eigenvalue weighted by Crippen LogP contribution is -2.30. The van der Waals surface area contributed by atoms with Gasteiger partial charge in [-0.3, -0.25) is 0 Å². The molecule has 0 aliphatic heterocycles. The van der Waals surface area contributed by atoms with Crippen LogP contribution in [0.4, 0.5) is 26.3 Å². The maximum atomic E-state index is 12.4. The van der Waals surface area contributed by atoms with Crippen molar-refractivity contribution in [3.63, 3.8) is 0 Å². The molecule has 0 aromatic rings. The highest BCUT2D eigenvalue weighted by atomic mass is 19.4. The fourth-order valence-corrected chi connectivity index (χ4v) is 0.653. The van der Waals surface area contributed by atoms with Crippen LogP contribution in [0.2, 0.25) is 0 Å². The second kappa shape index (κ2) is 5.46. The summed E-state index contributed by atoms with van der Waals surface area (Å²) >= 11 is 0. The molecule has 0 unspecified atom stereocenters. The Hall–Kier alpha value is -1.14. The van der Waals surface area contributed by atoms with Gasteiger partial charge in [-0.15, -0.1) is 0 Å². The maximum Gasteiger partial charge on any atom is 0.397 e. The Kier molecular flexibility index (Phi) is 5.14. The number of allylic oxidation sites excluding steroid dienone is 2. The molecule has 7 heteroatoms. The van der Waals surface area contributed by atoms with Gasteiger partial charge in [0, 0.05) is 0 Å². The first kappa shape index (κ1) is 17.9. The number of hydrogen-bond donors (Lipinski definition) is 0. The summed E-state index contributed by atoms with van der Waals surface area (Å²) in [5, 5.41) is 0. The summed E-state index contributed by atoms with van der Waals surface area (Å²) in [4.78, 5) is 0. The molecule has 0 aromatic carbocycles. The van der Waals surface area contributed by atoms with E-state index in [0.29, 0.717) is 0 Å². The molecule has 0 bridgehead atoms. The lowest BCUT2D eigenvalue weighted by atomic mass is 9.93. The van der Waals surface area contributed by atoms with Gasteiger partial charge in [0.25, 0.3) is 0 Å². The van der Waals surface area contributed by atoms with Gasteiger partial charge >= 0.3 is 12.4 Å². The summed E-state index contributed by atoms with van der Waals surface area (Å²) in [6, 6.07) is 0. The molecule has 0 spiro atoms. The fourth-order valence-electron chi connectivity index (χ4n) is 0.653. The van der Waals surface area contributed by atoms with E-state index in [2.05, 4.69) is 4.74 Å². The van der Waals surface area contributed by atoms with E-state index in [9.17, 15) is 26.3 Å². The lowest BCUT2D eigenvalue weighted by Gasteiger charge is -2.24. The maximum absolute atomic E-state index is 12.4. The quantitative estimate of drug-likeness (QED) is 0.510. The van der Waals surface area contributed by atoms with E-state index in [-0.39, 0.29) is 0 Å². The molecular formula is C12H16F6O. The van der Waals surface area contributed by atoms with Gasteiger partial charge in [0.15, 0.2) is 0 Å². The van der Waals surface area contributed by atoms with Gasteiger partial charge in [0.05, 0.1) is 23.4 Å². The zero-order chi connectivity index (χ0) is 15.5. The molecular weight excluding hydrogens is 274 g/mol. The van der Waals surface area contributed by atoms with E-state index in [1.165, 1.54) is 0 Å². The van der Waals surface area contributed by atoms with Crippen LogP contribution in [-0.2, 0) is 4.74 Å². The van der Waals surface area contributed by atoms with Crippen molar-refractivity contribution in [1.29, 1.82) is 0 Å². The normalized spacial score (nSPS) is 15.5. The van der Waals surface area contributed by atoms with Gasteiger partial charge in [0.2, 0.25) is 0 Å². The van der Waals surface area contributed by atoms with Crippen LogP contribution < -0.4 is 0 Å². The van der Waals surface area contributed by atoms with Crippen molar-refractivity contribution in [2.24, 2.45) is 10.8 Å². The average molecular weight is 290 g/mol. The van der Waals surface area contributed by atoms with Gasteiger partial charge in [0.1, 0.15) is 0 Å². The molecule has 0 heterocycles. The van der Waals surface area contributed by atoms with Crippen molar-refractivity contribution < 1.29 is 31.1 Å². The predicted octanol–water partition coefficient (Wildman–Crippen LogP) is 5.21. The lowest BCUT2D eigenvalue weighted by molar-refractivity contribution is -0.194. The second-order valence-electron chi connectivity index (χ2n) is 5.18. The monoisotopic (exact) mass is 290 g/mol. The molecule has 0 amide bonds. The Morgan fingerprint density at radius 3 is 1.11 bits per heavy atom. The van der Waals surface area contributed by atoms with Crippen molar-refractivity contribution in [1.82, 2.24) is 0 Å². The summed E-state index contributed by atoms with van der Waals surface area (Å²) in [5.74, 6) is 0. The molecule has 0 aromatic heterocycles. The van der Waals surface area contributed by atoms with E-state index in [4.69, 9.17) is 0 Å². The zero-order valence-electron chi connectivity index (χ0n) is 11.0. The molecule has 19 heavy (non-hydrogen) atoms. The summed E-state index contributed by atoms with van der Waals surface area (Å²) < 4.78 is 79.0. The van der Waals surface area contributed by atoms with Crippen LogP contribution in [0.15, 0.2) is 24.7 Å². The highest BCUT2D eigenvalue weighted by Gasteiger charge is 2.46. The Morgan fingerprint density at radius 2 is 0.895 bits per heavy atom. The minimum atomic E-state index is -4.46. The zero-order valence-corrected chi connectivity index (χ0v) is 11.0. The number of ether oxygens (including phenoxy) is 1. The van der Waals surface area contributed by atoms with E-state index in [1.807, 2.05) is 0 Å². The highest BCUT2D eigenvalue weighted by Crippen LogP contribution is 2.39. The van der Waals surface area contributed by atoms with Crippen molar-refractivity contribution in [2.75, 3.05) is 0 Å². The summed E-state index contributed by atoms with van der Waals surface area (Å²) in [6.07, 6.45) is -6.01. The Bertz CT molecular complexity index is 312. The van der Waals surface area contributed by atoms with Gasteiger partial charge in [-0.05, 0) is 39.8 Å². The summed E-state index contributed by atoms with van der Waals surface area (Å²) in [7, 11) is 0. The molecule has 0 saturated carbocycles. The predicted molar refractivity (Wildman–Crippen MR) is 59.0 cm³/mol. The van der Waals surface area contributed by atoms with Crippen LogP contribution in [0, 0.1) is 10.8 Å². The Morgan fingerprint density at radius 1 is 0.632 bits per heavy atom. The highest BCUT2D eigenvalue weighted by molar-refractivity contribution is 4.99. The van der Waals surface area contributed by atoms with Crippen LogP contribution in [0.3, 0.4) is 0 Å². The van der Waals surface area contributed by atoms with Crippen LogP contribution in [0.1, 0.15) is 27.7 Å². The molecule has 0 rings (SSSR count). The van der Waals surface area contributed by atoms with Crippen LogP contribution in [-0.4, -0.2) is 12.4 Å². The van der Waals surface area contributed by atoms with Crippen molar-refractivity contribution in [3.8, 4) is 0 Å². The first-order valence-electron chi connectivity index (χ1n) is 5.35. The van der Waals surface area contributed by atoms with Crippen molar-refractivity contribution in [3.05, 3.63) is 24.7 Å². The fraction of sp³-hybridized carbons (Fsp3) is 0.667. The van der Waals surface area contributed by atoms with Gasteiger partial charge in [-0.2, -0.15) is 26.3 Å². The molecule has 1 nitrogen and oxygen atoms in total. The van der Waals surface area contributed by atoms with E-state index in [1.54, 1.807) is 0 Å². The van der Waals surface area contributed by atoms with E-state index >= 15 is 0 Å². The minimum Gasteiger partial charge on any atom is -0.473 e. The molecule has 0 atom stereocenters. The third-order valence-electron chi connectivity index (χ3n) is 2.59. The van der Waals surface area contributed by atoms with Crippen molar-refractivity contribution >= 4 is 0 Å². The topological polar surface area (TPSA) is 9.23 Å². The molecule has 0 radical (unpaired) electrons. The summed E-state index contributed by atoms with van der Waals surface area (Å²) in [5.41, 5.74) is -4.22. The first-order chi connectivity index (χ1) is 8.21. The van der Waals surface area contributed by atoms with Crippen LogP contribution in [0.25, 0.3) is 0 Å². The largest absolute Gasteiger partial charge is 0.473 e. The average Bonchev–Trinajstić information content (AvgIpc) is 2.12. The molecule has 0 aliphatic rings. The van der Waals surface area contributed by atoms with Crippen molar-refractivity contribution in [2.45, 2.75) is 40.0 Å². The molecule has 112 valence electrons. The second-order valence-corrected chi connectivity index (χ2v) is 5.18. The minimum absolute atomic E-state index is 0.719. The van der Waals surface area contributed by atoms with E-state index in [0.717, 1.165) is 52.4 Å². The van der Waals surface area contributed by atoms with E-state index < -0.39 is 23.2 Å². The van der Waals surface area contributed by atoms with Crippen LogP contribution in [0.5, 0.6) is 0 Å². The molecule has 0 aliphatic carbocycles. The number of rotatable bonds is 4. The Balaban J connectivity index is 4.55. The third kappa shape index (κ3) is 5.16. The number of alkyl halides is 6. The standard InChI is InChI=1S/C12H16F6O/c1-9(2,11(13,14)15)5-7-19-8-6-10(3,4)12(16,17)18/h5-8H,1-4H3. The summed E-state index contributed by atoms with van der Waals surface area (Å²) in [6.45, 7) is 3.71. The van der Waals surface area contributed by atoms with Gasteiger partial charge in [-0.1, -0.05) is 0 Å². The Labute approximate surface area is 107 Å². The first-order valence-corrected chi connectivity index (χ1v) is 5.35. The smallest absolute Gasteiger partial charge is 0.397 e. The third-order valence-corrected chi connectivity index (χ3v) is 2.59. The number of hydrogen-bond acceptors (Lipinski definition) is 1. The molecule has 0 saturated heterocycles. The van der Waals surface area contributed by atoms with Crippen LogP contribution >= 0.6 is 0 Å². The van der Waals surface area contributed by atoms with Gasteiger partial charge in [-0.25, -0.2) is 0 Å². The van der Waals surface area contributed by atoms with Gasteiger partial charge < -0.3 is 4.74 Å². The number of halogens is 6. The molecule has 0 N–H and O–H groups in total. The molecule has 0 fully saturated rings.